The van der Waals surface area contributed by atoms with E-state index in [0.29, 0.717) is 18.1 Å². The van der Waals surface area contributed by atoms with Gasteiger partial charge in [-0.3, -0.25) is 10.2 Å². The SMILES string of the molecule is C#N.CC.CC(N)C(=O)OC1CCCCC1.COC(CCc1ccc(C(N)=NC=N)[nH]1)COPOc1ccccc1. The van der Waals surface area contributed by atoms with Crippen LogP contribution in [0.25, 0.3) is 0 Å². The molecular weight excluding hydrogens is 543 g/mol. The normalized spacial score (nSPS) is 14.7. The number of benzene rings is 1. The Morgan fingerprint density at radius 1 is 1.20 bits per heavy atom. The lowest BCUT2D eigenvalue weighted by molar-refractivity contribution is -0.151. The molecule has 0 bridgehead atoms. The number of nitrogens with zero attached hydrogens (tertiary/aromatic N) is 2. The third kappa shape index (κ3) is 17.2. The molecule has 12 heteroatoms. The molecule has 0 spiro atoms. The van der Waals surface area contributed by atoms with E-state index in [1.54, 1.807) is 14.0 Å². The predicted octanol–water partition coefficient (Wildman–Crippen LogP) is 5.25. The Hall–Kier alpha value is -3.29. The maximum Gasteiger partial charge on any atom is 0.322 e. The second kappa shape index (κ2) is 24.5. The number of nitrogens with one attached hydrogen (secondary N) is 2. The lowest BCUT2D eigenvalue weighted by Gasteiger charge is -2.22. The lowest BCUT2D eigenvalue weighted by atomic mass is 9.98. The summed E-state index contributed by atoms with van der Waals surface area (Å²) in [4.78, 5) is 18.0. The first-order valence-electron chi connectivity index (χ1n) is 13.8. The van der Waals surface area contributed by atoms with Gasteiger partial charge in [0.15, 0.2) is 0 Å². The van der Waals surface area contributed by atoms with Gasteiger partial charge in [-0.05, 0) is 69.7 Å². The number of carbonyl (C=O) groups is 1. The van der Waals surface area contributed by atoms with Crippen LogP contribution in [0.2, 0.25) is 0 Å². The zero-order valence-electron chi connectivity index (χ0n) is 24.7. The standard InChI is InChI=1S/C17H23N4O3P.C9H17NO2.C2H6.CHN/c1-22-15(11-23-25-24-14-5-3-2-4-6-14)9-7-13-8-10-16(21-13)17(19)20-12-18;1-7(10)9(11)12-8-5-3-2-4-6-8;2*1-2/h2-6,8,10,12,15,21,25H,7,9,11H2,1H3,(H3,18,19,20);7-8H,2-6,10H2,1H3;1-2H3;1H. The summed E-state index contributed by atoms with van der Waals surface area (Å²) < 4.78 is 21.7. The number of methoxy groups -OCH3 is 1. The van der Waals surface area contributed by atoms with Crippen molar-refractivity contribution in [1.29, 1.82) is 10.7 Å². The quantitative estimate of drug-likeness (QED) is 0.0801. The highest BCUT2D eigenvalue weighted by Crippen LogP contribution is 2.22. The summed E-state index contributed by atoms with van der Waals surface area (Å²) in [6, 6.07) is 12.9. The van der Waals surface area contributed by atoms with E-state index in [4.69, 9.17) is 40.7 Å². The molecule has 1 aromatic carbocycles. The third-order valence-corrected chi connectivity index (χ3v) is 6.34. The average molecular weight is 591 g/mol. The number of carbonyl (C=O) groups excluding carboxylic acids is 1. The first-order chi connectivity index (χ1) is 19.9. The van der Waals surface area contributed by atoms with Gasteiger partial charge in [-0.2, -0.15) is 0 Å². The number of aromatic nitrogens is 1. The Morgan fingerprint density at radius 2 is 1.85 bits per heavy atom. The molecule has 1 aliphatic carbocycles. The highest BCUT2D eigenvalue weighted by atomic mass is 31.1. The van der Waals surface area contributed by atoms with Gasteiger partial charge in [0.05, 0.1) is 18.4 Å². The van der Waals surface area contributed by atoms with Crippen LogP contribution in [0, 0.1) is 17.2 Å². The summed E-state index contributed by atoms with van der Waals surface area (Å²) in [5, 5.41) is 13.4. The van der Waals surface area contributed by atoms with Crippen LogP contribution in [0.4, 0.5) is 0 Å². The zero-order valence-corrected chi connectivity index (χ0v) is 25.7. The Bertz CT molecular complexity index is 994. The summed E-state index contributed by atoms with van der Waals surface area (Å²) in [6.45, 7) is 9.62. The largest absolute Gasteiger partial charge is 0.461 e. The minimum absolute atomic E-state index is 0.0220. The van der Waals surface area contributed by atoms with E-state index in [-0.39, 0.29) is 27.2 Å². The summed E-state index contributed by atoms with van der Waals surface area (Å²) in [6.07, 6.45) is 8.28. The van der Waals surface area contributed by atoms with Crippen molar-refractivity contribution in [2.75, 3.05) is 13.7 Å². The van der Waals surface area contributed by atoms with Crippen molar-refractivity contribution in [1.82, 2.24) is 4.98 Å². The van der Waals surface area contributed by atoms with Crippen LogP contribution in [0.1, 0.15) is 70.7 Å². The number of amidine groups is 1. The van der Waals surface area contributed by atoms with Crippen LogP contribution in [0.5, 0.6) is 5.75 Å². The van der Waals surface area contributed by atoms with Crippen molar-refractivity contribution in [2.24, 2.45) is 16.5 Å². The van der Waals surface area contributed by atoms with Crippen molar-refractivity contribution in [3.8, 4) is 12.3 Å². The molecule has 3 rings (SSSR count). The number of esters is 1. The summed E-state index contributed by atoms with van der Waals surface area (Å²) in [5.41, 5.74) is 12.9. The van der Waals surface area contributed by atoms with Crippen molar-refractivity contribution < 1.29 is 23.3 Å². The van der Waals surface area contributed by atoms with Crippen LogP contribution in [0.15, 0.2) is 47.5 Å². The van der Waals surface area contributed by atoms with Crippen LogP contribution in [-0.4, -0.2) is 55.1 Å². The second-order valence-corrected chi connectivity index (χ2v) is 9.39. The van der Waals surface area contributed by atoms with Crippen LogP contribution >= 0.6 is 9.03 Å². The summed E-state index contributed by atoms with van der Waals surface area (Å²) >= 11 is 0. The number of aliphatic imine (C=N–C) groups is 1. The molecule has 41 heavy (non-hydrogen) atoms. The molecule has 0 amide bonds. The molecule has 0 radical (unpaired) electrons. The smallest absolute Gasteiger partial charge is 0.322 e. The van der Waals surface area contributed by atoms with Gasteiger partial charge in [0.2, 0.25) is 9.03 Å². The maximum atomic E-state index is 11.1. The number of ether oxygens (including phenoxy) is 2. The molecule has 228 valence electrons. The number of hydrogen-bond acceptors (Lipinski definition) is 8. The minimum atomic E-state index is -0.480. The van der Waals surface area contributed by atoms with E-state index < -0.39 is 6.04 Å². The van der Waals surface area contributed by atoms with Crippen molar-refractivity contribution >= 4 is 27.2 Å². The van der Waals surface area contributed by atoms with Gasteiger partial charge in [-0.15, -0.1) is 0 Å². The minimum Gasteiger partial charge on any atom is -0.461 e. The van der Waals surface area contributed by atoms with Gasteiger partial charge in [-0.1, -0.05) is 38.5 Å². The number of H-pyrrole nitrogens is 1. The van der Waals surface area contributed by atoms with Gasteiger partial charge >= 0.3 is 5.97 Å². The molecule has 1 aromatic heterocycles. The predicted molar refractivity (Wildman–Crippen MR) is 165 cm³/mol. The van der Waals surface area contributed by atoms with E-state index in [2.05, 4.69) is 16.5 Å². The van der Waals surface area contributed by atoms with Gasteiger partial charge in [0.25, 0.3) is 0 Å². The summed E-state index contributed by atoms with van der Waals surface area (Å²) in [5.74, 6) is 0.826. The maximum absolute atomic E-state index is 11.1. The Morgan fingerprint density at radius 3 is 2.44 bits per heavy atom. The molecule has 1 heterocycles. The number of hydrogen-bond donors (Lipinski definition) is 4. The molecule has 6 N–H and O–H groups in total. The number of nitriles is 1. The summed E-state index contributed by atoms with van der Waals surface area (Å²) in [7, 11) is 1.61. The fourth-order valence-electron chi connectivity index (χ4n) is 3.61. The van der Waals surface area contributed by atoms with E-state index in [1.807, 2.05) is 56.3 Å². The molecular formula is C29H47N6O5P. The van der Waals surface area contributed by atoms with Crippen LogP contribution in [-0.2, 0) is 25.2 Å². The highest BCUT2D eigenvalue weighted by Gasteiger charge is 2.19. The van der Waals surface area contributed by atoms with Gasteiger partial charge < -0.3 is 35.0 Å². The number of aryl methyl sites for hydroxylation is 1. The monoisotopic (exact) mass is 590 g/mol. The number of para-hydroxylation sites is 1. The first-order valence-corrected chi connectivity index (χ1v) is 14.6. The molecule has 1 saturated carbocycles. The van der Waals surface area contributed by atoms with E-state index in [1.165, 1.54) is 19.3 Å². The number of nitrogens with two attached hydrogens (primary N) is 2. The van der Waals surface area contributed by atoms with Crippen molar-refractivity contribution in [3.05, 3.63) is 53.9 Å². The Balaban J connectivity index is 0.000000836. The molecule has 1 aliphatic rings. The molecule has 2 aromatic rings. The van der Waals surface area contributed by atoms with E-state index in [0.717, 1.165) is 43.5 Å². The molecule has 1 fully saturated rings. The molecule has 3 unspecified atom stereocenters. The first kappa shape index (κ1) is 37.7. The lowest BCUT2D eigenvalue weighted by Crippen LogP contribution is -2.32. The fraction of sp³-hybridized carbons (Fsp3) is 0.517. The van der Waals surface area contributed by atoms with Gasteiger partial charge in [0.1, 0.15) is 30.1 Å². The number of aromatic amines is 1. The molecule has 0 saturated heterocycles. The van der Waals surface area contributed by atoms with Crippen molar-refractivity contribution in [3.63, 3.8) is 0 Å². The third-order valence-electron chi connectivity index (χ3n) is 5.73. The second-order valence-electron chi connectivity index (χ2n) is 8.73. The van der Waals surface area contributed by atoms with Crippen LogP contribution < -0.4 is 16.0 Å². The van der Waals surface area contributed by atoms with Gasteiger partial charge in [-0.25, -0.2) is 10.3 Å². The van der Waals surface area contributed by atoms with Gasteiger partial charge in [0, 0.05) is 19.4 Å². The Labute approximate surface area is 246 Å². The molecule has 11 nitrogen and oxygen atoms in total. The average Bonchev–Trinajstić information content (AvgIpc) is 3.50. The molecule has 0 aliphatic heterocycles. The number of rotatable bonds is 13. The molecule has 3 atom stereocenters. The van der Waals surface area contributed by atoms with Crippen molar-refractivity contribution in [2.45, 2.75) is 84.0 Å². The fourth-order valence-corrected chi connectivity index (χ4v) is 4.15. The highest BCUT2D eigenvalue weighted by molar-refractivity contribution is 7.26. The topological polar surface area (TPSA) is 182 Å². The van der Waals surface area contributed by atoms with Crippen LogP contribution in [0.3, 0.4) is 0 Å². The van der Waals surface area contributed by atoms with E-state index in [9.17, 15) is 4.79 Å². The van der Waals surface area contributed by atoms with E-state index >= 15 is 0 Å². The Kier molecular flexibility index (Phi) is 22.5. The zero-order chi connectivity index (χ0) is 30.9.